The molecule has 4 heteroatoms. The Balaban J connectivity index is 1.97. The smallest absolute Gasteiger partial charge is 0.166 e. The highest BCUT2D eigenvalue weighted by Gasteiger charge is 2.26. The van der Waals surface area contributed by atoms with Crippen molar-refractivity contribution < 1.29 is 14.2 Å². The second kappa shape index (κ2) is 5.53. The number of likely N-dealkylation sites (N-methyl/N-ethyl adjacent to an activating group) is 1. The number of hydrogen-bond acceptors (Lipinski definition) is 4. The summed E-state index contributed by atoms with van der Waals surface area (Å²) in [5.41, 5.74) is 1.09. The fraction of sp³-hybridized carbons (Fsp3) is 0.467. The van der Waals surface area contributed by atoms with Crippen LogP contribution in [0.5, 0.6) is 11.5 Å². The summed E-state index contributed by atoms with van der Waals surface area (Å²) in [6, 6.07) is 6.07. The molecule has 0 fully saturated rings. The maximum absolute atomic E-state index is 5.79. The first-order valence-electron chi connectivity index (χ1n) is 6.85. The second-order valence-electron chi connectivity index (χ2n) is 4.61. The minimum Gasteiger partial charge on any atom is -0.496 e. The molecule has 1 aromatic carbocycles. The van der Waals surface area contributed by atoms with Crippen molar-refractivity contribution >= 4 is 0 Å². The molecule has 1 unspecified atom stereocenters. The van der Waals surface area contributed by atoms with Crippen LogP contribution in [0.2, 0.25) is 0 Å². The van der Waals surface area contributed by atoms with Gasteiger partial charge in [-0.25, -0.2) is 0 Å². The van der Waals surface area contributed by atoms with Crippen LogP contribution in [0.25, 0.3) is 0 Å². The van der Waals surface area contributed by atoms with Gasteiger partial charge in [0.2, 0.25) is 0 Å². The van der Waals surface area contributed by atoms with E-state index in [-0.39, 0.29) is 6.04 Å². The fourth-order valence-electron chi connectivity index (χ4n) is 2.53. The number of rotatable bonds is 4. The zero-order valence-corrected chi connectivity index (χ0v) is 11.1. The SMILES string of the molecule is CCNC(C1=CCCO1)c1cccc2c1OCCO2. The molecular formula is C15H19NO3. The van der Waals surface area contributed by atoms with Gasteiger partial charge < -0.3 is 19.5 Å². The number of nitrogens with one attached hydrogen (secondary N) is 1. The van der Waals surface area contributed by atoms with Crippen molar-refractivity contribution in [3.05, 3.63) is 35.6 Å². The zero-order chi connectivity index (χ0) is 13.1. The highest BCUT2D eigenvalue weighted by atomic mass is 16.6. The van der Waals surface area contributed by atoms with E-state index in [9.17, 15) is 0 Å². The number of ether oxygens (including phenoxy) is 3. The minimum atomic E-state index is 0.0455. The average molecular weight is 261 g/mol. The quantitative estimate of drug-likeness (QED) is 0.903. The van der Waals surface area contributed by atoms with E-state index in [1.165, 1.54) is 0 Å². The van der Waals surface area contributed by atoms with Crippen LogP contribution in [0.15, 0.2) is 30.0 Å². The third-order valence-electron chi connectivity index (χ3n) is 3.33. The van der Waals surface area contributed by atoms with E-state index in [1.807, 2.05) is 12.1 Å². The molecule has 2 aliphatic heterocycles. The maximum atomic E-state index is 5.79. The Morgan fingerprint density at radius 3 is 2.84 bits per heavy atom. The monoisotopic (exact) mass is 261 g/mol. The van der Waals surface area contributed by atoms with Crippen molar-refractivity contribution in [1.29, 1.82) is 0 Å². The molecule has 0 saturated carbocycles. The Hall–Kier alpha value is -1.68. The van der Waals surface area contributed by atoms with Crippen LogP contribution in [0, 0.1) is 0 Å². The molecule has 0 bridgehead atoms. The van der Waals surface area contributed by atoms with Crippen molar-refractivity contribution in [3.63, 3.8) is 0 Å². The summed E-state index contributed by atoms with van der Waals surface area (Å²) in [5, 5.41) is 3.46. The Morgan fingerprint density at radius 1 is 1.16 bits per heavy atom. The number of benzene rings is 1. The number of para-hydroxylation sites is 1. The lowest BCUT2D eigenvalue weighted by molar-refractivity contribution is 0.166. The van der Waals surface area contributed by atoms with Crippen LogP contribution in [-0.4, -0.2) is 26.4 Å². The largest absolute Gasteiger partial charge is 0.496 e. The third kappa shape index (κ3) is 2.40. The summed E-state index contributed by atoms with van der Waals surface area (Å²) in [5.74, 6) is 2.66. The van der Waals surface area contributed by atoms with Crippen molar-refractivity contribution in [3.8, 4) is 11.5 Å². The fourth-order valence-corrected chi connectivity index (χ4v) is 2.53. The Labute approximate surface area is 113 Å². The van der Waals surface area contributed by atoms with E-state index in [0.29, 0.717) is 13.2 Å². The summed E-state index contributed by atoms with van der Waals surface area (Å²) < 4.78 is 17.2. The summed E-state index contributed by atoms with van der Waals surface area (Å²) in [6.07, 6.45) is 3.13. The molecule has 0 radical (unpaired) electrons. The third-order valence-corrected chi connectivity index (χ3v) is 3.33. The molecule has 2 heterocycles. The average Bonchev–Trinajstić information content (AvgIpc) is 2.98. The van der Waals surface area contributed by atoms with E-state index >= 15 is 0 Å². The Morgan fingerprint density at radius 2 is 2.05 bits per heavy atom. The standard InChI is InChI=1S/C15H19NO3/c1-2-16-14(12-7-4-8-17-12)11-5-3-6-13-15(11)19-10-9-18-13/h3,5-7,14,16H,2,4,8-10H2,1H3. The molecule has 19 heavy (non-hydrogen) atoms. The molecule has 0 aromatic heterocycles. The van der Waals surface area contributed by atoms with Gasteiger partial charge in [0.1, 0.15) is 19.0 Å². The van der Waals surface area contributed by atoms with E-state index in [1.54, 1.807) is 0 Å². The number of hydrogen-bond donors (Lipinski definition) is 1. The van der Waals surface area contributed by atoms with Gasteiger partial charge in [-0.2, -0.15) is 0 Å². The predicted octanol–water partition coefficient (Wildman–Crippen LogP) is 2.41. The van der Waals surface area contributed by atoms with Crippen LogP contribution in [-0.2, 0) is 4.74 Å². The van der Waals surface area contributed by atoms with Gasteiger partial charge in [-0.15, -0.1) is 0 Å². The van der Waals surface area contributed by atoms with Gasteiger partial charge in [0.15, 0.2) is 11.5 Å². The van der Waals surface area contributed by atoms with Crippen molar-refractivity contribution in [2.45, 2.75) is 19.4 Å². The van der Waals surface area contributed by atoms with Gasteiger partial charge in [0, 0.05) is 12.0 Å². The van der Waals surface area contributed by atoms with E-state index in [2.05, 4.69) is 24.4 Å². The van der Waals surface area contributed by atoms with Gasteiger partial charge >= 0.3 is 0 Å². The molecular weight excluding hydrogens is 242 g/mol. The van der Waals surface area contributed by atoms with Crippen LogP contribution in [0.3, 0.4) is 0 Å². The number of fused-ring (bicyclic) bond motifs is 1. The minimum absolute atomic E-state index is 0.0455. The van der Waals surface area contributed by atoms with Crippen LogP contribution < -0.4 is 14.8 Å². The van der Waals surface area contributed by atoms with Gasteiger partial charge in [0.25, 0.3) is 0 Å². The normalized spacial score (nSPS) is 18.7. The second-order valence-corrected chi connectivity index (χ2v) is 4.61. The van der Waals surface area contributed by atoms with Gasteiger partial charge in [0.05, 0.1) is 12.6 Å². The zero-order valence-electron chi connectivity index (χ0n) is 11.1. The van der Waals surface area contributed by atoms with Crippen LogP contribution >= 0.6 is 0 Å². The lowest BCUT2D eigenvalue weighted by atomic mass is 10.0. The molecule has 1 aromatic rings. The molecule has 0 saturated heterocycles. The van der Waals surface area contributed by atoms with Gasteiger partial charge in [-0.1, -0.05) is 19.1 Å². The van der Waals surface area contributed by atoms with Gasteiger partial charge in [-0.3, -0.25) is 0 Å². The highest BCUT2D eigenvalue weighted by Crippen LogP contribution is 2.40. The first-order valence-corrected chi connectivity index (χ1v) is 6.85. The summed E-state index contributed by atoms with van der Waals surface area (Å²) in [7, 11) is 0. The molecule has 102 valence electrons. The summed E-state index contributed by atoms with van der Waals surface area (Å²) in [4.78, 5) is 0. The predicted molar refractivity (Wildman–Crippen MR) is 72.5 cm³/mol. The Bertz CT molecular complexity index is 484. The molecule has 4 nitrogen and oxygen atoms in total. The molecule has 0 amide bonds. The first kappa shape index (κ1) is 12.4. The van der Waals surface area contributed by atoms with Crippen molar-refractivity contribution in [2.75, 3.05) is 26.4 Å². The lowest BCUT2D eigenvalue weighted by Gasteiger charge is -2.26. The van der Waals surface area contributed by atoms with E-state index in [0.717, 1.165) is 42.4 Å². The summed E-state index contributed by atoms with van der Waals surface area (Å²) in [6.45, 7) is 4.94. The first-order chi connectivity index (χ1) is 9.40. The van der Waals surface area contributed by atoms with Crippen molar-refractivity contribution in [2.24, 2.45) is 0 Å². The molecule has 2 aliphatic rings. The molecule has 0 aliphatic carbocycles. The van der Waals surface area contributed by atoms with Crippen LogP contribution in [0.4, 0.5) is 0 Å². The van der Waals surface area contributed by atoms with Crippen molar-refractivity contribution in [1.82, 2.24) is 5.32 Å². The van der Waals surface area contributed by atoms with Gasteiger partial charge in [-0.05, 0) is 18.7 Å². The lowest BCUT2D eigenvalue weighted by Crippen LogP contribution is -2.25. The maximum Gasteiger partial charge on any atom is 0.166 e. The topological polar surface area (TPSA) is 39.7 Å². The molecule has 1 N–H and O–H groups in total. The van der Waals surface area contributed by atoms with E-state index < -0.39 is 0 Å². The Kier molecular flexibility index (Phi) is 3.60. The van der Waals surface area contributed by atoms with E-state index in [4.69, 9.17) is 14.2 Å². The molecule has 0 spiro atoms. The molecule has 1 atom stereocenters. The highest BCUT2D eigenvalue weighted by molar-refractivity contribution is 5.50. The molecule has 3 rings (SSSR count). The summed E-state index contributed by atoms with van der Waals surface area (Å²) >= 11 is 0. The van der Waals surface area contributed by atoms with Crippen LogP contribution in [0.1, 0.15) is 24.9 Å².